The molecule has 1 fully saturated rings. The number of rotatable bonds is 4. The van der Waals surface area contributed by atoms with Gasteiger partial charge in [0.25, 0.3) is 0 Å². The Hall–Kier alpha value is -1.39. The number of carbonyl (C=O) groups excluding carboxylic acids is 1. The van der Waals surface area contributed by atoms with Crippen LogP contribution in [-0.2, 0) is 11.3 Å². The zero-order valence-electron chi connectivity index (χ0n) is 9.82. The lowest BCUT2D eigenvalue weighted by atomic mass is 10.1. The molecule has 17 heavy (non-hydrogen) atoms. The highest BCUT2D eigenvalue weighted by Gasteiger charge is 2.12. The molecule has 1 aliphatic heterocycles. The average molecular weight is 234 g/mol. The van der Waals surface area contributed by atoms with Gasteiger partial charge in [0, 0.05) is 12.1 Å². The summed E-state index contributed by atoms with van der Waals surface area (Å²) in [4.78, 5) is 10.9. The van der Waals surface area contributed by atoms with Crippen molar-refractivity contribution in [3.63, 3.8) is 0 Å². The fraction of sp³-hybridized carbons (Fsp3) is 0.462. The predicted octanol–water partition coefficient (Wildman–Crippen LogP) is 1.05. The zero-order chi connectivity index (χ0) is 12.1. The Labute approximate surface area is 101 Å². The minimum Gasteiger partial charge on any atom is -0.372 e. The van der Waals surface area contributed by atoms with Crippen molar-refractivity contribution in [2.45, 2.75) is 25.6 Å². The first-order valence-corrected chi connectivity index (χ1v) is 5.97. The van der Waals surface area contributed by atoms with Crippen LogP contribution in [0.2, 0.25) is 0 Å². The van der Waals surface area contributed by atoms with E-state index in [0.29, 0.717) is 18.3 Å². The molecule has 1 heterocycles. The Morgan fingerprint density at radius 3 is 2.76 bits per heavy atom. The molecule has 0 spiro atoms. The van der Waals surface area contributed by atoms with Gasteiger partial charge in [-0.3, -0.25) is 4.79 Å². The maximum atomic E-state index is 10.9. The van der Waals surface area contributed by atoms with Crippen LogP contribution in [0.3, 0.4) is 0 Å². The van der Waals surface area contributed by atoms with Gasteiger partial charge in [0.15, 0.2) is 0 Å². The normalized spacial score (nSPS) is 20.1. The summed E-state index contributed by atoms with van der Waals surface area (Å²) in [7, 11) is 0. The van der Waals surface area contributed by atoms with Gasteiger partial charge in [0.05, 0.1) is 12.7 Å². The first-order chi connectivity index (χ1) is 8.25. The topological polar surface area (TPSA) is 64.4 Å². The summed E-state index contributed by atoms with van der Waals surface area (Å²) in [6.45, 7) is 2.61. The van der Waals surface area contributed by atoms with Crippen molar-refractivity contribution in [3.05, 3.63) is 35.4 Å². The molecule has 0 saturated carbocycles. The second-order valence-corrected chi connectivity index (χ2v) is 4.34. The lowest BCUT2D eigenvalue weighted by Crippen LogP contribution is -2.35. The number of benzene rings is 1. The van der Waals surface area contributed by atoms with Crippen LogP contribution in [-0.4, -0.2) is 25.1 Å². The minimum atomic E-state index is -0.394. The van der Waals surface area contributed by atoms with Gasteiger partial charge in [-0.2, -0.15) is 0 Å². The number of amides is 1. The van der Waals surface area contributed by atoms with Gasteiger partial charge >= 0.3 is 0 Å². The molecule has 92 valence electrons. The van der Waals surface area contributed by atoms with Crippen LogP contribution in [0.25, 0.3) is 0 Å². The van der Waals surface area contributed by atoms with Gasteiger partial charge < -0.3 is 15.8 Å². The van der Waals surface area contributed by atoms with Gasteiger partial charge in [0.1, 0.15) is 0 Å². The smallest absolute Gasteiger partial charge is 0.248 e. The van der Waals surface area contributed by atoms with Crippen LogP contribution in [0.1, 0.15) is 28.8 Å². The summed E-state index contributed by atoms with van der Waals surface area (Å²) in [5.74, 6) is -0.394. The van der Waals surface area contributed by atoms with Crippen LogP contribution < -0.4 is 11.1 Å². The van der Waals surface area contributed by atoms with Crippen LogP contribution in [0.4, 0.5) is 0 Å². The molecule has 2 rings (SSSR count). The molecule has 1 unspecified atom stereocenters. The molecule has 0 bridgehead atoms. The molecule has 1 saturated heterocycles. The molecule has 3 N–H and O–H groups in total. The van der Waals surface area contributed by atoms with Crippen molar-refractivity contribution in [2.24, 2.45) is 5.73 Å². The van der Waals surface area contributed by atoms with Gasteiger partial charge in [-0.25, -0.2) is 0 Å². The van der Waals surface area contributed by atoms with Crippen LogP contribution in [0.5, 0.6) is 0 Å². The number of hydrogen-bond donors (Lipinski definition) is 2. The summed E-state index contributed by atoms with van der Waals surface area (Å²) >= 11 is 0. The maximum Gasteiger partial charge on any atom is 0.248 e. The SMILES string of the molecule is NC(=O)c1ccc(COC2CCCNC2)cc1. The van der Waals surface area contributed by atoms with E-state index in [0.717, 1.165) is 25.1 Å². The van der Waals surface area contributed by atoms with Crippen molar-refractivity contribution < 1.29 is 9.53 Å². The molecule has 1 aromatic rings. The number of nitrogens with one attached hydrogen (secondary N) is 1. The van der Waals surface area contributed by atoms with Crippen molar-refractivity contribution >= 4 is 5.91 Å². The number of hydrogen-bond acceptors (Lipinski definition) is 3. The van der Waals surface area contributed by atoms with Gasteiger partial charge in [0.2, 0.25) is 5.91 Å². The van der Waals surface area contributed by atoms with E-state index >= 15 is 0 Å². The molecule has 1 atom stereocenters. The highest BCUT2D eigenvalue weighted by Crippen LogP contribution is 2.10. The Bertz CT molecular complexity index is 370. The van der Waals surface area contributed by atoms with E-state index in [9.17, 15) is 4.79 Å². The minimum absolute atomic E-state index is 0.305. The van der Waals surface area contributed by atoms with E-state index in [-0.39, 0.29) is 0 Å². The first kappa shape index (κ1) is 12.1. The molecule has 1 aliphatic rings. The molecule has 4 heteroatoms. The predicted molar refractivity (Wildman–Crippen MR) is 65.6 cm³/mol. The molecule has 0 radical (unpaired) electrons. The van der Waals surface area contributed by atoms with Crippen molar-refractivity contribution in [1.82, 2.24) is 5.32 Å². The van der Waals surface area contributed by atoms with Crippen molar-refractivity contribution in [2.75, 3.05) is 13.1 Å². The van der Waals surface area contributed by atoms with Crippen molar-refractivity contribution in [3.8, 4) is 0 Å². The fourth-order valence-corrected chi connectivity index (χ4v) is 1.94. The second-order valence-electron chi connectivity index (χ2n) is 4.34. The third-order valence-corrected chi connectivity index (χ3v) is 2.98. The van der Waals surface area contributed by atoms with Gasteiger partial charge in [-0.1, -0.05) is 12.1 Å². The summed E-state index contributed by atoms with van der Waals surface area (Å²) < 4.78 is 5.79. The Kier molecular flexibility index (Phi) is 4.12. The number of nitrogens with two attached hydrogens (primary N) is 1. The Morgan fingerprint density at radius 2 is 2.18 bits per heavy atom. The highest BCUT2D eigenvalue weighted by atomic mass is 16.5. The third-order valence-electron chi connectivity index (χ3n) is 2.98. The standard InChI is InChI=1S/C13H18N2O2/c14-13(16)11-5-3-10(4-6-11)9-17-12-2-1-7-15-8-12/h3-6,12,15H,1-2,7-9H2,(H2,14,16). The van der Waals surface area contributed by atoms with Crippen LogP contribution in [0.15, 0.2) is 24.3 Å². The van der Waals surface area contributed by atoms with E-state index in [1.807, 2.05) is 12.1 Å². The molecular formula is C13H18N2O2. The van der Waals surface area contributed by atoms with Crippen molar-refractivity contribution in [1.29, 1.82) is 0 Å². The van der Waals surface area contributed by atoms with Crippen LogP contribution in [0, 0.1) is 0 Å². The molecule has 1 aromatic carbocycles. The van der Waals surface area contributed by atoms with E-state index in [2.05, 4.69) is 5.32 Å². The number of piperidine rings is 1. The summed E-state index contributed by atoms with van der Waals surface area (Å²) in [6.07, 6.45) is 2.59. The Balaban J connectivity index is 1.84. The van der Waals surface area contributed by atoms with E-state index < -0.39 is 5.91 Å². The second kappa shape index (κ2) is 5.80. The van der Waals surface area contributed by atoms with E-state index in [1.54, 1.807) is 12.1 Å². The third kappa shape index (κ3) is 3.54. The largest absolute Gasteiger partial charge is 0.372 e. The molecule has 0 aliphatic carbocycles. The summed E-state index contributed by atoms with van der Waals surface area (Å²) in [5, 5.41) is 3.31. The quantitative estimate of drug-likeness (QED) is 0.818. The molecule has 4 nitrogen and oxygen atoms in total. The van der Waals surface area contributed by atoms with Gasteiger partial charge in [-0.15, -0.1) is 0 Å². The first-order valence-electron chi connectivity index (χ1n) is 5.97. The number of carbonyl (C=O) groups is 1. The average Bonchev–Trinajstić information content (AvgIpc) is 2.38. The summed E-state index contributed by atoms with van der Waals surface area (Å²) in [5.41, 5.74) is 6.78. The molecule has 0 aromatic heterocycles. The molecular weight excluding hydrogens is 216 g/mol. The number of ether oxygens (including phenoxy) is 1. The van der Waals surface area contributed by atoms with E-state index in [4.69, 9.17) is 10.5 Å². The van der Waals surface area contributed by atoms with Crippen LogP contribution >= 0.6 is 0 Å². The number of primary amides is 1. The lowest BCUT2D eigenvalue weighted by molar-refractivity contribution is 0.0253. The monoisotopic (exact) mass is 234 g/mol. The Morgan fingerprint density at radius 1 is 1.41 bits per heavy atom. The highest BCUT2D eigenvalue weighted by molar-refractivity contribution is 5.92. The van der Waals surface area contributed by atoms with Gasteiger partial charge in [-0.05, 0) is 37.1 Å². The fourth-order valence-electron chi connectivity index (χ4n) is 1.94. The lowest BCUT2D eigenvalue weighted by Gasteiger charge is -2.23. The molecule has 1 amide bonds. The zero-order valence-corrected chi connectivity index (χ0v) is 9.82. The summed E-state index contributed by atoms with van der Waals surface area (Å²) in [6, 6.07) is 7.24. The van der Waals surface area contributed by atoms with E-state index in [1.165, 1.54) is 6.42 Å². The maximum absolute atomic E-state index is 10.9.